The lowest BCUT2D eigenvalue weighted by atomic mass is 8.92. The minimum absolute atomic E-state index is 0.0459. The Morgan fingerprint density at radius 3 is 2.12 bits per heavy atom. The number of aromatic nitrogens is 1. The zero-order valence-corrected chi connectivity index (χ0v) is 14.8. The van der Waals surface area contributed by atoms with E-state index in [0.29, 0.717) is 41.4 Å². The van der Waals surface area contributed by atoms with Crippen molar-refractivity contribution in [2.45, 2.75) is 6.92 Å². The third-order valence-electron chi connectivity index (χ3n) is 8.09. The summed E-state index contributed by atoms with van der Waals surface area (Å²) >= 11 is 0. The normalized spacial score (nSPS) is 45.7. The molecule has 0 bridgehead atoms. The Morgan fingerprint density at radius 1 is 1.15 bits per heavy atom. The second-order valence-electron chi connectivity index (χ2n) is 8.47. The van der Waals surface area contributed by atoms with Crippen molar-refractivity contribution in [3.63, 3.8) is 0 Å². The van der Waals surface area contributed by atoms with Crippen LogP contribution in [0.15, 0.2) is 18.5 Å². The highest BCUT2D eigenvalue weighted by Crippen LogP contribution is 3.10. The van der Waals surface area contributed by atoms with E-state index in [1.54, 1.807) is 17.3 Å². The van der Waals surface area contributed by atoms with Crippen molar-refractivity contribution in [3.8, 4) is 0 Å². The summed E-state index contributed by atoms with van der Waals surface area (Å²) in [5, 5.41) is 10.0. The van der Waals surface area contributed by atoms with Crippen LogP contribution in [0.3, 0.4) is 0 Å². The lowest BCUT2D eigenvalue weighted by molar-refractivity contribution is -0.624. The molecular weight excluding hydrogens is 334 g/mol. The van der Waals surface area contributed by atoms with Crippen molar-refractivity contribution >= 4 is 24.0 Å². The minimum atomic E-state index is -0.250. The van der Waals surface area contributed by atoms with Gasteiger partial charge in [-0.05, 0) is 54.1 Å². The SMILES string of the molecule is Cc1ccncc1NC(=O)C12C3C4C1C1C2C3C41C(=O)N(C)C.O=CO. The minimum Gasteiger partial charge on any atom is -0.483 e. The Bertz CT molecular complexity index is 811. The van der Waals surface area contributed by atoms with Gasteiger partial charge in [0, 0.05) is 20.3 Å². The molecule has 26 heavy (non-hydrogen) atoms. The van der Waals surface area contributed by atoms with Crippen molar-refractivity contribution in [3.05, 3.63) is 24.0 Å². The van der Waals surface area contributed by atoms with Crippen LogP contribution in [0, 0.1) is 53.3 Å². The van der Waals surface area contributed by atoms with E-state index < -0.39 is 0 Å². The first kappa shape index (κ1) is 15.8. The summed E-state index contributed by atoms with van der Waals surface area (Å²) < 4.78 is 0. The van der Waals surface area contributed by atoms with Crippen molar-refractivity contribution in [1.82, 2.24) is 9.88 Å². The molecule has 0 spiro atoms. The third-order valence-corrected chi connectivity index (χ3v) is 8.09. The van der Waals surface area contributed by atoms with Crippen LogP contribution in [-0.2, 0) is 14.4 Å². The van der Waals surface area contributed by atoms with Crippen LogP contribution < -0.4 is 5.32 Å². The van der Waals surface area contributed by atoms with Gasteiger partial charge in [-0.25, -0.2) is 0 Å². The van der Waals surface area contributed by atoms with E-state index in [1.165, 1.54) is 0 Å². The molecule has 6 saturated carbocycles. The van der Waals surface area contributed by atoms with E-state index in [4.69, 9.17) is 9.90 Å². The van der Waals surface area contributed by atoms with Gasteiger partial charge in [0.25, 0.3) is 6.47 Å². The molecule has 7 nitrogen and oxygen atoms in total. The number of carbonyl (C=O) groups is 3. The lowest BCUT2D eigenvalue weighted by Crippen LogP contribution is -3.12. The summed E-state index contributed by atoms with van der Waals surface area (Å²) in [6.45, 7) is 1.74. The number of carbonyl (C=O) groups excluding carboxylic acids is 2. The Hall–Kier alpha value is -2.44. The molecule has 0 saturated heterocycles. The molecule has 6 aliphatic carbocycles. The van der Waals surface area contributed by atoms with Crippen molar-refractivity contribution in [2.24, 2.45) is 46.3 Å². The van der Waals surface area contributed by atoms with E-state index in [2.05, 4.69) is 10.3 Å². The number of hydrogen-bond acceptors (Lipinski definition) is 4. The summed E-state index contributed by atoms with van der Waals surface area (Å²) in [5.74, 6) is 3.42. The van der Waals surface area contributed by atoms with Crippen molar-refractivity contribution in [2.75, 3.05) is 19.4 Å². The number of hydrogen-bond donors (Lipinski definition) is 2. The first-order valence-corrected chi connectivity index (χ1v) is 8.93. The highest BCUT2D eigenvalue weighted by Gasteiger charge is 3.12. The third kappa shape index (κ3) is 1.16. The molecule has 2 N–H and O–H groups in total. The number of amides is 2. The maximum absolute atomic E-state index is 12.9. The van der Waals surface area contributed by atoms with Gasteiger partial charge in [-0.15, -0.1) is 0 Å². The standard InChI is InChI=1S/C18H19N3O2.CH2O2/c1-7-4-5-19-6-8(7)20-15(22)17-9-12-10(17)14-11(17)13(9)18(12,14)16(23)21(2)3;2-1-3/h4-6,9-14H,1-3H3,(H,20,22);1H,(H,2,3). The summed E-state index contributed by atoms with van der Waals surface area (Å²) in [4.78, 5) is 39.7. The number of nitrogens with zero attached hydrogens (tertiary/aromatic N) is 2. The summed E-state index contributed by atoms with van der Waals surface area (Å²) in [6, 6.07) is 1.92. The number of anilines is 1. The number of carboxylic acid groups (broad SMARTS) is 1. The van der Waals surface area contributed by atoms with Gasteiger partial charge in [-0.2, -0.15) is 0 Å². The molecule has 1 heterocycles. The van der Waals surface area contributed by atoms with E-state index in [0.717, 1.165) is 11.3 Å². The summed E-state index contributed by atoms with van der Waals surface area (Å²) in [5.41, 5.74) is 1.70. The molecule has 0 atom stereocenters. The molecule has 0 aliphatic heterocycles. The fraction of sp³-hybridized carbons (Fsp3) is 0.579. The fourth-order valence-corrected chi connectivity index (χ4v) is 7.62. The predicted octanol–water partition coefficient (Wildman–Crippen LogP) is 0.856. The number of nitrogens with one attached hydrogen (secondary N) is 1. The van der Waals surface area contributed by atoms with Gasteiger partial charge in [-0.1, -0.05) is 0 Å². The maximum atomic E-state index is 12.9. The lowest BCUT2D eigenvalue weighted by Gasteiger charge is -3.09. The summed E-state index contributed by atoms with van der Waals surface area (Å²) in [7, 11) is 3.72. The van der Waals surface area contributed by atoms with Gasteiger partial charge in [0.05, 0.1) is 22.7 Å². The molecule has 2 amide bonds. The number of aryl methyl sites for hydroxylation is 1. The van der Waals surface area contributed by atoms with Crippen LogP contribution in [-0.4, -0.2) is 47.4 Å². The second-order valence-corrected chi connectivity index (χ2v) is 8.47. The van der Waals surface area contributed by atoms with Crippen LogP contribution in [0.2, 0.25) is 0 Å². The van der Waals surface area contributed by atoms with Crippen LogP contribution in [0.5, 0.6) is 0 Å². The van der Waals surface area contributed by atoms with Gasteiger partial charge in [-0.3, -0.25) is 19.4 Å². The average Bonchev–Trinajstić information content (AvgIpc) is 2.63. The fourth-order valence-electron chi connectivity index (χ4n) is 7.62. The monoisotopic (exact) mass is 355 g/mol. The first-order valence-electron chi connectivity index (χ1n) is 8.93. The molecular formula is C19H21N3O4. The van der Waals surface area contributed by atoms with Crippen LogP contribution >= 0.6 is 0 Å². The first-order chi connectivity index (χ1) is 12.4. The molecule has 6 fully saturated rings. The zero-order valence-electron chi connectivity index (χ0n) is 14.8. The summed E-state index contributed by atoms with van der Waals surface area (Å²) in [6.07, 6.45) is 3.47. The van der Waals surface area contributed by atoms with Gasteiger partial charge >= 0.3 is 0 Å². The number of rotatable bonds is 3. The van der Waals surface area contributed by atoms with Crippen LogP contribution in [0.1, 0.15) is 5.56 Å². The maximum Gasteiger partial charge on any atom is 0.290 e. The van der Waals surface area contributed by atoms with E-state index in [1.807, 2.05) is 27.1 Å². The van der Waals surface area contributed by atoms with E-state index >= 15 is 0 Å². The Balaban J connectivity index is 0.000000471. The average molecular weight is 355 g/mol. The second kappa shape index (κ2) is 4.45. The molecule has 1 aromatic rings. The quantitative estimate of drug-likeness (QED) is 0.783. The Labute approximate surface area is 150 Å². The Kier molecular flexibility index (Phi) is 2.70. The molecule has 7 rings (SSSR count). The van der Waals surface area contributed by atoms with Gasteiger partial charge in [0.15, 0.2) is 0 Å². The molecule has 1 aromatic heterocycles. The largest absolute Gasteiger partial charge is 0.483 e. The smallest absolute Gasteiger partial charge is 0.290 e. The molecule has 7 heteroatoms. The highest BCUT2D eigenvalue weighted by atomic mass is 16.3. The molecule has 136 valence electrons. The van der Waals surface area contributed by atoms with Crippen molar-refractivity contribution < 1.29 is 19.5 Å². The predicted molar refractivity (Wildman–Crippen MR) is 90.8 cm³/mol. The Morgan fingerprint density at radius 2 is 1.65 bits per heavy atom. The molecule has 0 unspecified atom stereocenters. The molecule has 0 radical (unpaired) electrons. The van der Waals surface area contributed by atoms with Gasteiger partial charge < -0.3 is 15.3 Å². The van der Waals surface area contributed by atoms with E-state index in [-0.39, 0.29) is 23.2 Å². The topological polar surface area (TPSA) is 99.6 Å². The van der Waals surface area contributed by atoms with Gasteiger partial charge in [0.1, 0.15) is 0 Å². The number of pyridine rings is 1. The highest BCUT2D eigenvalue weighted by molar-refractivity contribution is 6.05. The van der Waals surface area contributed by atoms with E-state index in [9.17, 15) is 9.59 Å². The molecule has 0 aromatic carbocycles. The van der Waals surface area contributed by atoms with Crippen molar-refractivity contribution in [1.29, 1.82) is 0 Å². The van der Waals surface area contributed by atoms with Crippen LogP contribution in [0.25, 0.3) is 0 Å². The van der Waals surface area contributed by atoms with Gasteiger partial charge in [0.2, 0.25) is 11.8 Å². The molecule has 6 aliphatic rings. The van der Waals surface area contributed by atoms with Crippen LogP contribution in [0.4, 0.5) is 5.69 Å². The zero-order chi connectivity index (χ0) is 18.6.